The van der Waals surface area contributed by atoms with E-state index in [1.807, 2.05) is 0 Å². The van der Waals surface area contributed by atoms with Crippen molar-refractivity contribution in [2.75, 3.05) is 0 Å². The highest BCUT2D eigenvalue weighted by molar-refractivity contribution is 6.34. The summed E-state index contributed by atoms with van der Waals surface area (Å²) in [4.78, 5) is 15.2. The van der Waals surface area contributed by atoms with Gasteiger partial charge in [-0.05, 0) is 26.0 Å². The van der Waals surface area contributed by atoms with Gasteiger partial charge < -0.3 is 4.74 Å². The predicted molar refractivity (Wildman–Crippen MR) is 54.8 cm³/mol. The number of rotatable bonds is 2. The fourth-order valence-electron chi connectivity index (χ4n) is 0.831. The summed E-state index contributed by atoms with van der Waals surface area (Å²) in [5.41, 5.74) is 0.0490. The summed E-state index contributed by atoms with van der Waals surface area (Å²) in [6, 6.07) is 3.02. The number of hydrogen-bond acceptors (Lipinski definition) is 3. The largest absolute Gasteiger partial charge is 0.458 e. The molecule has 5 heteroatoms. The Kier molecular flexibility index (Phi) is 3.72. The van der Waals surface area contributed by atoms with Crippen LogP contribution in [0.5, 0.6) is 0 Å². The van der Waals surface area contributed by atoms with Gasteiger partial charge in [0.05, 0.1) is 11.1 Å². The normalized spacial score (nSPS) is 10.4. The molecule has 3 nitrogen and oxygen atoms in total. The van der Waals surface area contributed by atoms with Crippen LogP contribution in [0, 0.1) is 0 Å². The van der Waals surface area contributed by atoms with Gasteiger partial charge in [-0.2, -0.15) is 0 Å². The van der Waals surface area contributed by atoms with Crippen LogP contribution in [0.4, 0.5) is 0 Å². The van der Waals surface area contributed by atoms with Gasteiger partial charge in [-0.1, -0.05) is 23.2 Å². The minimum Gasteiger partial charge on any atom is -0.458 e. The molecule has 0 N–H and O–H groups in total. The standard InChI is InChI=1S/C9H9Cl2NO2/c1-5(2)14-9(13)8-6(10)3-4-7(11)12-8/h3-5H,1-2H3. The van der Waals surface area contributed by atoms with E-state index >= 15 is 0 Å². The van der Waals surface area contributed by atoms with Crippen molar-refractivity contribution in [3.8, 4) is 0 Å². The van der Waals surface area contributed by atoms with Crippen molar-refractivity contribution in [1.29, 1.82) is 0 Å². The van der Waals surface area contributed by atoms with Gasteiger partial charge in [-0.15, -0.1) is 0 Å². The first-order chi connectivity index (χ1) is 6.50. The van der Waals surface area contributed by atoms with E-state index in [9.17, 15) is 4.79 Å². The zero-order valence-electron chi connectivity index (χ0n) is 7.75. The second-order valence-electron chi connectivity index (χ2n) is 2.92. The van der Waals surface area contributed by atoms with E-state index in [1.165, 1.54) is 12.1 Å². The number of pyridine rings is 1. The number of carbonyl (C=O) groups is 1. The fraction of sp³-hybridized carbons (Fsp3) is 0.333. The van der Waals surface area contributed by atoms with Gasteiger partial charge in [0.15, 0.2) is 5.69 Å². The van der Waals surface area contributed by atoms with Crippen LogP contribution in [0.2, 0.25) is 10.2 Å². The molecule has 0 aliphatic heterocycles. The third-order valence-electron chi connectivity index (χ3n) is 1.35. The Balaban J connectivity index is 2.94. The Morgan fingerprint density at radius 2 is 2.07 bits per heavy atom. The summed E-state index contributed by atoms with van der Waals surface area (Å²) in [7, 11) is 0. The lowest BCUT2D eigenvalue weighted by molar-refractivity contribution is 0.0371. The third kappa shape index (κ3) is 2.86. The Morgan fingerprint density at radius 1 is 1.43 bits per heavy atom. The minimum atomic E-state index is -0.562. The van der Waals surface area contributed by atoms with E-state index in [4.69, 9.17) is 27.9 Å². The molecular weight excluding hydrogens is 225 g/mol. The molecule has 0 aromatic carbocycles. The number of carbonyl (C=O) groups excluding carboxylic acids is 1. The number of ether oxygens (including phenoxy) is 1. The van der Waals surface area contributed by atoms with E-state index in [1.54, 1.807) is 13.8 Å². The topological polar surface area (TPSA) is 39.2 Å². The van der Waals surface area contributed by atoms with Crippen LogP contribution < -0.4 is 0 Å². The first kappa shape index (κ1) is 11.3. The Bertz CT molecular complexity index is 353. The SMILES string of the molecule is CC(C)OC(=O)c1nc(Cl)ccc1Cl. The fourth-order valence-corrected chi connectivity index (χ4v) is 1.16. The van der Waals surface area contributed by atoms with E-state index in [2.05, 4.69) is 4.98 Å². The van der Waals surface area contributed by atoms with E-state index in [0.29, 0.717) is 0 Å². The molecule has 1 heterocycles. The number of esters is 1. The van der Waals surface area contributed by atoms with Gasteiger partial charge >= 0.3 is 5.97 Å². The summed E-state index contributed by atoms with van der Waals surface area (Å²) in [5.74, 6) is -0.562. The first-order valence-corrected chi connectivity index (χ1v) is 4.79. The molecule has 1 rings (SSSR count). The van der Waals surface area contributed by atoms with Gasteiger partial charge in [0.25, 0.3) is 0 Å². The quantitative estimate of drug-likeness (QED) is 0.583. The monoisotopic (exact) mass is 233 g/mol. The van der Waals surface area contributed by atoms with Crippen molar-refractivity contribution in [2.45, 2.75) is 20.0 Å². The molecule has 0 aliphatic rings. The van der Waals surface area contributed by atoms with Gasteiger partial charge in [-0.3, -0.25) is 0 Å². The summed E-state index contributed by atoms with van der Waals surface area (Å²) in [6.45, 7) is 3.49. The van der Waals surface area contributed by atoms with Crippen molar-refractivity contribution in [2.24, 2.45) is 0 Å². The van der Waals surface area contributed by atoms with Crippen LogP contribution in [-0.4, -0.2) is 17.1 Å². The third-order valence-corrected chi connectivity index (χ3v) is 1.86. The highest BCUT2D eigenvalue weighted by atomic mass is 35.5. The molecule has 0 radical (unpaired) electrons. The van der Waals surface area contributed by atoms with E-state index in [-0.39, 0.29) is 22.0 Å². The first-order valence-electron chi connectivity index (χ1n) is 4.03. The van der Waals surface area contributed by atoms with Gasteiger partial charge in [0, 0.05) is 0 Å². The minimum absolute atomic E-state index is 0.0490. The molecule has 0 saturated carbocycles. The molecule has 76 valence electrons. The Morgan fingerprint density at radius 3 is 2.64 bits per heavy atom. The summed E-state index contributed by atoms with van der Waals surface area (Å²) >= 11 is 11.4. The molecule has 0 unspecified atom stereocenters. The van der Waals surface area contributed by atoms with Crippen LogP contribution >= 0.6 is 23.2 Å². The highest BCUT2D eigenvalue weighted by Gasteiger charge is 2.15. The van der Waals surface area contributed by atoms with Crippen LogP contribution in [0.3, 0.4) is 0 Å². The van der Waals surface area contributed by atoms with Crippen molar-refractivity contribution in [1.82, 2.24) is 4.98 Å². The molecule has 1 aromatic rings. The maximum absolute atomic E-state index is 11.4. The maximum Gasteiger partial charge on any atom is 0.358 e. The van der Waals surface area contributed by atoms with E-state index in [0.717, 1.165) is 0 Å². The molecule has 0 saturated heterocycles. The van der Waals surface area contributed by atoms with Crippen molar-refractivity contribution in [3.63, 3.8) is 0 Å². The Hall–Kier alpha value is -0.800. The second-order valence-corrected chi connectivity index (χ2v) is 3.71. The van der Waals surface area contributed by atoms with Crippen LogP contribution in [0.1, 0.15) is 24.3 Å². The smallest absolute Gasteiger partial charge is 0.358 e. The summed E-state index contributed by atoms with van der Waals surface area (Å²) in [5, 5.41) is 0.449. The molecule has 0 atom stereocenters. The van der Waals surface area contributed by atoms with Gasteiger partial charge in [-0.25, -0.2) is 9.78 Å². The number of aromatic nitrogens is 1. The molecule has 1 aromatic heterocycles. The van der Waals surface area contributed by atoms with Crippen LogP contribution in [-0.2, 0) is 4.74 Å². The van der Waals surface area contributed by atoms with Crippen LogP contribution in [0.15, 0.2) is 12.1 Å². The lowest BCUT2D eigenvalue weighted by Crippen LogP contribution is -2.13. The van der Waals surface area contributed by atoms with Gasteiger partial charge in [0.2, 0.25) is 0 Å². The highest BCUT2D eigenvalue weighted by Crippen LogP contribution is 2.17. The van der Waals surface area contributed by atoms with Crippen LogP contribution in [0.25, 0.3) is 0 Å². The average Bonchev–Trinajstić information content (AvgIpc) is 2.08. The zero-order valence-corrected chi connectivity index (χ0v) is 9.26. The number of nitrogens with zero attached hydrogens (tertiary/aromatic N) is 1. The molecule has 0 fully saturated rings. The molecule has 0 bridgehead atoms. The lowest BCUT2D eigenvalue weighted by atomic mass is 10.3. The lowest BCUT2D eigenvalue weighted by Gasteiger charge is -2.08. The average molecular weight is 234 g/mol. The molecule has 0 amide bonds. The predicted octanol–water partition coefficient (Wildman–Crippen LogP) is 2.95. The van der Waals surface area contributed by atoms with Crippen molar-refractivity contribution in [3.05, 3.63) is 28.0 Å². The molecule has 0 spiro atoms. The molecule has 14 heavy (non-hydrogen) atoms. The van der Waals surface area contributed by atoms with Crippen molar-refractivity contribution < 1.29 is 9.53 Å². The number of hydrogen-bond donors (Lipinski definition) is 0. The number of halogens is 2. The van der Waals surface area contributed by atoms with Gasteiger partial charge in [0.1, 0.15) is 5.15 Å². The second kappa shape index (κ2) is 4.62. The zero-order chi connectivity index (χ0) is 10.7. The summed E-state index contributed by atoms with van der Waals surface area (Å²) in [6.07, 6.45) is -0.209. The maximum atomic E-state index is 11.4. The van der Waals surface area contributed by atoms with E-state index < -0.39 is 5.97 Å². The Labute approximate surface area is 92.0 Å². The summed E-state index contributed by atoms with van der Waals surface area (Å²) < 4.78 is 4.93. The molecular formula is C9H9Cl2NO2. The molecule has 0 aliphatic carbocycles. The van der Waals surface area contributed by atoms with Crippen molar-refractivity contribution >= 4 is 29.2 Å².